The molecule has 3 saturated carbocycles. The van der Waals surface area contributed by atoms with E-state index in [1.54, 1.807) is 21.9 Å². The third-order valence-corrected chi connectivity index (χ3v) is 10.9. The molecule has 2 saturated heterocycles. The molecule has 7 nitrogen and oxygen atoms in total. The second-order valence-corrected chi connectivity index (χ2v) is 12.8. The molecular weight excluding hydrogens is 492 g/mol. The number of hydrogen-bond acceptors (Lipinski definition) is 5. The lowest BCUT2D eigenvalue weighted by atomic mass is 9.57. The number of imide groups is 2. The number of nitrogens with zero attached hydrogens (tertiary/aromatic N) is 2. The smallest absolute Gasteiger partial charge is 0.234 e. The highest BCUT2D eigenvalue weighted by Gasteiger charge is 2.63. The van der Waals surface area contributed by atoms with E-state index in [1.807, 2.05) is 12.1 Å². The van der Waals surface area contributed by atoms with Gasteiger partial charge in [0.25, 0.3) is 0 Å². The van der Waals surface area contributed by atoms with Crippen molar-refractivity contribution in [1.82, 2.24) is 9.80 Å². The van der Waals surface area contributed by atoms with Gasteiger partial charge in [-0.3, -0.25) is 29.0 Å². The van der Waals surface area contributed by atoms with Crippen molar-refractivity contribution in [2.75, 3.05) is 0 Å². The maximum Gasteiger partial charge on any atom is 0.234 e. The van der Waals surface area contributed by atoms with E-state index in [9.17, 15) is 24.3 Å². The molecule has 0 radical (unpaired) electrons. The first-order chi connectivity index (χ1) is 19.0. The van der Waals surface area contributed by atoms with Gasteiger partial charge in [0.05, 0.1) is 23.7 Å². The Balaban J connectivity index is 1.29. The number of allylic oxidation sites excluding steroid dienone is 2. The zero-order valence-electron chi connectivity index (χ0n) is 22.5. The fraction of sp³-hybridized carbons (Fsp3) is 0.625. The number of carbonyl (C=O) groups is 4. The molecule has 6 unspecified atom stereocenters. The van der Waals surface area contributed by atoms with Gasteiger partial charge in [0.15, 0.2) is 0 Å². The van der Waals surface area contributed by atoms with E-state index in [4.69, 9.17) is 0 Å². The van der Waals surface area contributed by atoms with Crippen LogP contribution in [0.1, 0.15) is 88.5 Å². The zero-order valence-corrected chi connectivity index (χ0v) is 22.5. The van der Waals surface area contributed by atoms with Gasteiger partial charge in [0.1, 0.15) is 5.75 Å². The Hall–Kier alpha value is -2.96. The highest BCUT2D eigenvalue weighted by Crippen LogP contribution is 2.59. The van der Waals surface area contributed by atoms with Gasteiger partial charge in [0, 0.05) is 23.6 Å². The van der Waals surface area contributed by atoms with Crippen molar-refractivity contribution < 1.29 is 24.3 Å². The molecule has 0 bridgehead atoms. The maximum absolute atomic E-state index is 14.1. The van der Waals surface area contributed by atoms with Gasteiger partial charge >= 0.3 is 0 Å². The lowest BCUT2D eigenvalue weighted by Crippen LogP contribution is -2.44. The summed E-state index contributed by atoms with van der Waals surface area (Å²) in [6, 6.07) is 7.02. The molecule has 0 spiro atoms. The first-order valence-electron chi connectivity index (χ1n) is 15.2. The SMILES string of the molecule is O=C1C2CC=C3C(CC4C(=O)N(C5CCCCC5)C(=O)C4C3c3ccccc3O)C2C(=O)N1C1CCCCC1. The lowest BCUT2D eigenvalue weighted by Gasteiger charge is -2.44. The molecule has 4 amide bonds. The first-order valence-corrected chi connectivity index (χ1v) is 15.2. The largest absolute Gasteiger partial charge is 0.508 e. The molecule has 2 aliphatic heterocycles. The second kappa shape index (κ2) is 9.60. The maximum atomic E-state index is 14.1. The number of benzene rings is 1. The van der Waals surface area contributed by atoms with Crippen LogP contribution in [0.3, 0.4) is 0 Å². The topological polar surface area (TPSA) is 95.0 Å². The summed E-state index contributed by atoms with van der Waals surface area (Å²) in [7, 11) is 0. The van der Waals surface area contributed by atoms with Gasteiger partial charge in [-0.1, -0.05) is 68.4 Å². The Morgan fingerprint density at radius 1 is 0.641 bits per heavy atom. The summed E-state index contributed by atoms with van der Waals surface area (Å²) in [5, 5.41) is 11.0. The van der Waals surface area contributed by atoms with Crippen LogP contribution in [0.4, 0.5) is 0 Å². The van der Waals surface area contributed by atoms with Gasteiger partial charge in [0.2, 0.25) is 23.6 Å². The molecular formula is C32H38N2O5. The molecule has 1 aromatic rings. The number of rotatable bonds is 3. The molecule has 1 aromatic carbocycles. The fourth-order valence-corrected chi connectivity index (χ4v) is 9.13. The Labute approximate surface area is 229 Å². The molecule has 39 heavy (non-hydrogen) atoms. The van der Waals surface area contributed by atoms with Crippen LogP contribution in [0.15, 0.2) is 35.9 Å². The Bertz CT molecular complexity index is 1240. The van der Waals surface area contributed by atoms with Gasteiger partial charge in [-0.25, -0.2) is 0 Å². The van der Waals surface area contributed by atoms with Gasteiger partial charge < -0.3 is 5.11 Å². The molecule has 6 atom stereocenters. The van der Waals surface area contributed by atoms with E-state index in [0.29, 0.717) is 18.4 Å². The van der Waals surface area contributed by atoms with Gasteiger partial charge in [-0.05, 0) is 50.5 Å². The van der Waals surface area contributed by atoms with Crippen LogP contribution in [0, 0.1) is 29.6 Å². The van der Waals surface area contributed by atoms with Crippen molar-refractivity contribution in [3.8, 4) is 5.75 Å². The summed E-state index contributed by atoms with van der Waals surface area (Å²) in [4.78, 5) is 58.9. The number of phenols is 1. The number of hydrogen-bond donors (Lipinski definition) is 1. The summed E-state index contributed by atoms with van der Waals surface area (Å²) >= 11 is 0. The van der Waals surface area contributed by atoms with Crippen LogP contribution < -0.4 is 0 Å². The van der Waals surface area contributed by atoms with E-state index >= 15 is 0 Å². The summed E-state index contributed by atoms with van der Waals surface area (Å²) < 4.78 is 0. The third kappa shape index (κ3) is 3.75. The molecule has 1 N–H and O–H groups in total. The molecule has 7 rings (SSSR count). The number of phenolic OH excluding ortho intramolecular Hbond substituents is 1. The van der Waals surface area contributed by atoms with E-state index < -0.39 is 29.6 Å². The monoisotopic (exact) mass is 530 g/mol. The molecule has 7 heteroatoms. The number of amides is 4. The standard InChI is InChI=1S/C32H38N2O5/c35-25-14-8-7-13-21(25)26-20-15-16-22-27(31(38)33(29(22)36)18-9-3-1-4-10-18)23(20)17-24-28(26)32(39)34(30(24)37)19-11-5-2-6-12-19/h7-8,13-15,18-19,22-24,26-28,35H,1-6,9-12,16-17H2. The lowest BCUT2D eigenvalue weighted by molar-refractivity contribution is -0.145. The van der Waals surface area contributed by atoms with Gasteiger partial charge in [-0.2, -0.15) is 0 Å². The predicted octanol–water partition coefficient (Wildman–Crippen LogP) is 4.69. The quantitative estimate of drug-likeness (QED) is 0.452. The minimum atomic E-state index is -0.576. The van der Waals surface area contributed by atoms with Gasteiger partial charge in [-0.15, -0.1) is 0 Å². The zero-order chi connectivity index (χ0) is 26.8. The van der Waals surface area contributed by atoms with E-state index in [-0.39, 0.29) is 47.4 Å². The van der Waals surface area contributed by atoms with Crippen molar-refractivity contribution in [2.24, 2.45) is 29.6 Å². The summed E-state index contributed by atoms with van der Waals surface area (Å²) in [5.41, 5.74) is 1.62. The van der Waals surface area contributed by atoms with Crippen LogP contribution >= 0.6 is 0 Å². The summed E-state index contributed by atoms with van der Waals surface area (Å²) in [5.74, 6) is -2.98. The summed E-state index contributed by atoms with van der Waals surface area (Å²) in [6.07, 6.45) is 12.8. The molecule has 0 aromatic heterocycles. The minimum Gasteiger partial charge on any atom is -0.508 e. The highest BCUT2D eigenvalue weighted by molar-refractivity contribution is 6.08. The average Bonchev–Trinajstić information content (AvgIpc) is 3.37. The van der Waals surface area contributed by atoms with Crippen molar-refractivity contribution in [3.05, 3.63) is 41.5 Å². The predicted molar refractivity (Wildman–Crippen MR) is 143 cm³/mol. The van der Waals surface area contributed by atoms with Crippen molar-refractivity contribution in [3.63, 3.8) is 0 Å². The number of likely N-dealkylation sites (tertiary alicyclic amines) is 2. The summed E-state index contributed by atoms with van der Waals surface area (Å²) in [6.45, 7) is 0. The number of carbonyl (C=O) groups excluding carboxylic acids is 4. The molecule has 4 aliphatic carbocycles. The van der Waals surface area contributed by atoms with Crippen LogP contribution in [0.25, 0.3) is 0 Å². The minimum absolute atomic E-state index is 0.0189. The van der Waals surface area contributed by atoms with E-state index in [1.165, 1.54) is 0 Å². The van der Waals surface area contributed by atoms with Crippen LogP contribution in [0.2, 0.25) is 0 Å². The Morgan fingerprint density at radius 3 is 1.82 bits per heavy atom. The van der Waals surface area contributed by atoms with E-state index in [0.717, 1.165) is 69.8 Å². The van der Waals surface area contributed by atoms with Crippen LogP contribution in [0.5, 0.6) is 5.75 Å². The van der Waals surface area contributed by atoms with Crippen molar-refractivity contribution in [2.45, 2.75) is 95.1 Å². The second-order valence-electron chi connectivity index (χ2n) is 12.8. The van der Waals surface area contributed by atoms with Crippen LogP contribution in [-0.2, 0) is 19.2 Å². The molecule has 2 heterocycles. The number of aromatic hydroxyl groups is 1. The third-order valence-electron chi connectivity index (χ3n) is 10.9. The first kappa shape index (κ1) is 25.0. The van der Waals surface area contributed by atoms with Crippen molar-refractivity contribution >= 4 is 23.6 Å². The molecule has 6 aliphatic rings. The normalized spacial score (nSPS) is 35.6. The fourth-order valence-electron chi connectivity index (χ4n) is 9.13. The Kier molecular flexibility index (Phi) is 6.16. The molecule has 5 fully saturated rings. The Morgan fingerprint density at radius 2 is 1.21 bits per heavy atom. The van der Waals surface area contributed by atoms with E-state index in [2.05, 4.69) is 6.08 Å². The number of fused-ring (bicyclic) bond motifs is 4. The highest BCUT2D eigenvalue weighted by atomic mass is 16.3. The average molecular weight is 531 g/mol. The van der Waals surface area contributed by atoms with Crippen LogP contribution in [-0.4, -0.2) is 50.6 Å². The van der Waals surface area contributed by atoms with Crippen molar-refractivity contribution in [1.29, 1.82) is 0 Å². The number of para-hydroxylation sites is 1. The molecule has 206 valence electrons.